The summed E-state index contributed by atoms with van der Waals surface area (Å²) in [4.78, 5) is 15.4. The number of nitrogens with one attached hydrogen (secondary N) is 2. The van der Waals surface area contributed by atoms with Gasteiger partial charge in [0.2, 0.25) is 6.73 Å². The molecule has 1 unspecified atom stereocenters. The second-order valence-electron chi connectivity index (χ2n) is 8.20. The van der Waals surface area contributed by atoms with Gasteiger partial charge in [-0.1, -0.05) is 30.3 Å². The lowest BCUT2D eigenvalue weighted by Crippen LogP contribution is -3.16. The first-order valence-electron chi connectivity index (χ1n) is 10.8. The number of rotatable bonds is 5. The fraction of sp³-hybridized carbons (Fsp3) is 0.375. The Labute approximate surface area is 175 Å². The van der Waals surface area contributed by atoms with Crippen LogP contribution in [0.1, 0.15) is 12.0 Å². The van der Waals surface area contributed by atoms with Gasteiger partial charge in [0.1, 0.15) is 25.4 Å². The van der Waals surface area contributed by atoms with Gasteiger partial charge in [-0.2, -0.15) is 0 Å². The van der Waals surface area contributed by atoms with E-state index in [1.807, 2.05) is 42.5 Å². The van der Waals surface area contributed by atoms with Crippen molar-refractivity contribution >= 4 is 11.0 Å². The minimum atomic E-state index is -0.321. The molecule has 30 heavy (non-hydrogen) atoms. The van der Waals surface area contributed by atoms with Gasteiger partial charge in [-0.3, -0.25) is 4.90 Å². The molecule has 1 saturated heterocycles. The van der Waals surface area contributed by atoms with E-state index in [1.54, 1.807) is 11.0 Å². The smallest absolute Gasteiger partial charge is 0.336 e. The molecule has 0 aliphatic carbocycles. The fourth-order valence-corrected chi connectivity index (χ4v) is 4.56. The molecule has 3 heterocycles. The third-order valence-corrected chi connectivity index (χ3v) is 6.18. The summed E-state index contributed by atoms with van der Waals surface area (Å²) < 4.78 is 17.2. The van der Waals surface area contributed by atoms with Crippen molar-refractivity contribution in [1.82, 2.24) is 0 Å². The van der Waals surface area contributed by atoms with Crippen molar-refractivity contribution in [1.29, 1.82) is 0 Å². The van der Waals surface area contributed by atoms with Crippen molar-refractivity contribution in [2.24, 2.45) is 0 Å². The molecule has 0 radical (unpaired) electrons. The first-order valence-corrected chi connectivity index (χ1v) is 10.8. The molecule has 6 nitrogen and oxygen atoms in total. The average Bonchev–Trinajstić information content (AvgIpc) is 2.80. The zero-order chi connectivity index (χ0) is 20.3. The number of hydrogen-bond acceptors (Lipinski definition) is 4. The van der Waals surface area contributed by atoms with E-state index in [4.69, 9.17) is 13.9 Å². The molecule has 2 aliphatic rings. The number of benzene rings is 2. The summed E-state index contributed by atoms with van der Waals surface area (Å²) in [5.74, 6) is 0.832. The molecule has 1 aromatic heterocycles. The summed E-state index contributed by atoms with van der Waals surface area (Å²) in [6, 6.07) is 15.6. The molecule has 0 amide bonds. The number of morpholine rings is 1. The fourth-order valence-electron chi connectivity index (χ4n) is 4.56. The minimum absolute atomic E-state index is 0.321. The molecule has 6 heteroatoms. The first kappa shape index (κ1) is 19.3. The van der Waals surface area contributed by atoms with Crippen molar-refractivity contribution < 1.29 is 23.7 Å². The third-order valence-electron chi connectivity index (χ3n) is 6.18. The Bertz CT molecular complexity index is 1070. The quantitative estimate of drug-likeness (QED) is 0.604. The summed E-state index contributed by atoms with van der Waals surface area (Å²) in [5.41, 5.74) is 3.27. The first-order chi connectivity index (χ1) is 14.8. The van der Waals surface area contributed by atoms with Gasteiger partial charge in [0.05, 0.1) is 31.9 Å². The predicted molar refractivity (Wildman–Crippen MR) is 114 cm³/mol. The molecular weight excluding hydrogens is 380 g/mol. The zero-order valence-electron chi connectivity index (χ0n) is 17.1. The lowest BCUT2D eigenvalue weighted by molar-refractivity contribution is -0.942. The average molecular weight is 408 g/mol. The van der Waals surface area contributed by atoms with Crippen LogP contribution in [0.4, 0.5) is 0 Å². The highest BCUT2D eigenvalue weighted by atomic mass is 16.5. The molecule has 1 atom stereocenters. The Hall–Kier alpha value is -2.67. The summed E-state index contributed by atoms with van der Waals surface area (Å²) in [5, 5.41) is 0.960. The van der Waals surface area contributed by atoms with E-state index in [2.05, 4.69) is 0 Å². The Morgan fingerprint density at radius 1 is 0.933 bits per heavy atom. The number of ether oxygens (including phenoxy) is 2. The highest BCUT2D eigenvalue weighted by Gasteiger charge is 2.25. The lowest BCUT2D eigenvalue weighted by atomic mass is 9.99. The van der Waals surface area contributed by atoms with Gasteiger partial charge in [0.15, 0.2) is 5.58 Å². The Balaban J connectivity index is 1.39. The Morgan fingerprint density at radius 3 is 2.57 bits per heavy atom. The van der Waals surface area contributed by atoms with Crippen LogP contribution in [0, 0.1) is 0 Å². The van der Waals surface area contributed by atoms with E-state index in [9.17, 15) is 4.79 Å². The molecule has 0 bridgehead atoms. The van der Waals surface area contributed by atoms with Crippen molar-refractivity contribution in [3.63, 3.8) is 0 Å². The van der Waals surface area contributed by atoms with E-state index in [0.717, 1.165) is 73.6 Å². The third kappa shape index (κ3) is 3.99. The van der Waals surface area contributed by atoms with Crippen LogP contribution in [0.5, 0.6) is 5.75 Å². The van der Waals surface area contributed by atoms with E-state index < -0.39 is 0 Å². The molecule has 2 N–H and O–H groups in total. The van der Waals surface area contributed by atoms with Crippen LogP contribution in [-0.4, -0.2) is 46.1 Å². The van der Waals surface area contributed by atoms with Crippen LogP contribution in [0.3, 0.4) is 0 Å². The van der Waals surface area contributed by atoms with Crippen molar-refractivity contribution in [3.8, 4) is 16.9 Å². The largest absolute Gasteiger partial charge is 0.445 e. The van der Waals surface area contributed by atoms with Crippen LogP contribution in [0.2, 0.25) is 0 Å². The Morgan fingerprint density at radius 2 is 1.73 bits per heavy atom. The molecule has 5 rings (SSSR count). The highest BCUT2D eigenvalue weighted by molar-refractivity contribution is 5.95. The van der Waals surface area contributed by atoms with Gasteiger partial charge in [-0.05, 0) is 23.3 Å². The van der Waals surface area contributed by atoms with E-state index in [-0.39, 0.29) is 5.63 Å². The molecule has 3 aromatic rings. The van der Waals surface area contributed by atoms with Gasteiger partial charge in [-0.25, -0.2) is 4.79 Å². The van der Waals surface area contributed by atoms with E-state index in [0.29, 0.717) is 12.3 Å². The normalized spacial score (nSPS) is 19.4. The highest BCUT2D eigenvalue weighted by Crippen LogP contribution is 2.33. The molecular formula is C24H28N2O4+2. The zero-order valence-corrected chi connectivity index (χ0v) is 17.1. The Kier molecular flexibility index (Phi) is 5.53. The topological polar surface area (TPSA) is 57.5 Å². The van der Waals surface area contributed by atoms with Crippen molar-refractivity contribution in [2.45, 2.75) is 13.0 Å². The predicted octanol–water partition coefficient (Wildman–Crippen LogP) is 0.500. The minimum Gasteiger partial charge on any atom is -0.445 e. The van der Waals surface area contributed by atoms with Gasteiger partial charge in [0.25, 0.3) is 0 Å². The summed E-state index contributed by atoms with van der Waals surface area (Å²) in [7, 11) is 0. The summed E-state index contributed by atoms with van der Waals surface area (Å²) in [6.07, 6.45) is 1.15. The maximum atomic E-state index is 12.4. The lowest BCUT2D eigenvalue weighted by Gasteiger charge is -2.28. The van der Waals surface area contributed by atoms with E-state index >= 15 is 0 Å². The molecule has 1 fully saturated rings. The maximum absolute atomic E-state index is 12.4. The van der Waals surface area contributed by atoms with Crippen molar-refractivity contribution in [3.05, 3.63) is 64.5 Å². The van der Waals surface area contributed by atoms with Crippen LogP contribution in [0.25, 0.3) is 22.1 Å². The number of fused-ring (bicyclic) bond motifs is 3. The molecule has 156 valence electrons. The van der Waals surface area contributed by atoms with Gasteiger partial charge < -0.3 is 18.8 Å². The van der Waals surface area contributed by atoms with Gasteiger partial charge >= 0.3 is 5.63 Å². The standard InChI is InChI=1S/C24H26N2O4/c27-23-15-20(18-5-2-1-3-6-18)19-7-8-22-21(24(19)30-23)16-26(17-29-22)10-4-9-25-11-13-28-14-12-25/h1-3,5-8,15H,4,9-14,16-17H2/p+2. The number of quaternary nitrogens is 2. The SMILES string of the molecule is O=c1cc(-c2ccccc2)c2ccc3c(c2o1)C[NH+](CCC[NH+]1CCOCC1)CO3. The number of hydrogen-bond donors (Lipinski definition) is 2. The van der Waals surface area contributed by atoms with Gasteiger partial charge in [0, 0.05) is 17.9 Å². The van der Waals surface area contributed by atoms with E-state index in [1.165, 1.54) is 11.4 Å². The van der Waals surface area contributed by atoms with Crippen LogP contribution in [-0.2, 0) is 11.3 Å². The van der Waals surface area contributed by atoms with Gasteiger partial charge in [-0.15, -0.1) is 0 Å². The summed E-state index contributed by atoms with van der Waals surface area (Å²) in [6.45, 7) is 7.63. The monoisotopic (exact) mass is 408 g/mol. The second kappa shape index (κ2) is 8.60. The van der Waals surface area contributed by atoms with Crippen LogP contribution in [0.15, 0.2) is 57.7 Å². The van der Waals surface area contributed by atoms with Crippen LogP contribution >= 0.6 is 0 Å². The second-order valence-corrected chi connectivity index (χ2v) is 8.20. The van der Waals surface area contributed by atoms with Crippen LogP contribution < -0.4 is 20.2 Å². The summed E-state index contributed by atoms with van der Waals surface area (Å²) >= 11 is 0. The molecule has 2 aromatic carbocycles. The molecule has 0 saturated carbocycles. The molecule has 0 spiro atoms. The maximum Gasteiger partial charge on any atom is 0.336 e. The molecule has 2 aliphatic heterocycles. The van der Waals surface area contributed by atoms with Crippen molar-refractivity contribution in [2.75, 3.05) is 46.1 Å².